The first-order chi connectivity index (χ1) is 14.0. The minimum absolute atomic E-state index is 0. The van der Waals surface area contributed by atoms with Crippen molar-refractivity contribution in [2.75, 3.05) is 20.1 Å². The van der Waals surface area contributed by atoms with Gasteiger partial charge in [0.15, 0.2) is 5.96 Å². The van der Waals surface area contributed by atoms with Gasteiger partial charge in [-0.15, -0.1) is 24.0 Å². The lowest BCUT2D eigenvalue weighted by molar-refractivity contribution is 0.167. The number of aromatic nitrogens is 1. The van der Waals surface area contributed by atoms with Crippen molar-refractivity contribution in [1.29, 1.82) is 0 Å². The first-order valence-corrected chi connectivity index (χ1v) is 10.5. The smallest absolute Gasteiger partial charge is 0.250 e. The fourth-order valence-electron chi connectivity index (χ4n) is 3.68. The molecule has 7 heteroatoms. The van der Waals surface area contributed by atoms with Gasteiger partial charge in [0, 0.05) is 51.0 Å². The van der Waals surface area contributed by atoms with E-state index in [-0.39, 0.29) is 29.5 Å². The highest BCUT2D eigenvalue weighted by molar-refractivity contribution is 14.0. The maximum absolute atomic E-state index is 11.8. The Bertz CT molecular complexity index is 854. The topological polar surface area (TPSA) is 61.7 Å². The van der Waals surface area contributed by atoms with E-state index in [1.165, 1.54) is 5.56 Å². The zero-order chi connectivity index (χ0) is 20.6. The molecule has 2 N–H and O–H groups in total. The van der Waals surface area contributed by atoms with Crippen molar-refractivity contribution in [3.05, 3.63) is 70.1 Å². The van der Waals surface area contributed by atoms with Gasteiger partial charge in [0.2, 0.25) is 0 Å². The molecule has 0 amide bonds. The van der Waals surface area contributed by atoms with Gasteiger partial charge < -0.3 is 20.1 Å². The molecule has 0 saturated carbocycles. The zero-order valence-electron chi connectivity index (χ0n) is 18.2. The summed E-state index contributed by atoms with van der Waals surface area (Å²) >= 11 is 0. The molecule has 164 valence electrons. The van der Waals surface area contributed by atoms with E-state index in [0.717, 1.165) is 44.0 Å². The van der Waals surface area contributed by atoms with Crippen LogP contribution in [0.2, 0.25) is 0 Å². The highest BCUT2D eigenvalue weighted by Gasteiger charge is 2.21. The van der Waals surface area contributed by atoms with Crippen LogP contribution in [0.25, 0.3) is 0 Å². The van der Waals surface area contributed by atoms with Gasteiger partial charge in [-0.25, -0.2) is 0 Å². The minimum atomic E-state index is 0. The normalized spacial score (nSPS) is 15.7. The van der Waals surface area contributed by atoms with Crippen molar-refractivity contribution in [3.63, 3.8) is 0 Å². The average Bonchev–Trinajstić information content (AvgIpc) is 2.74. The molecule has 0 spiro atoms. The monoisotopic (exact) mass is 523 g/mol. The molecule has 1 aromatic heterocycles. The second-order valence-corrected chi connectivity index (χ2v) is 7.96. The van der Waals surface area contributed by atoms with E-state index in [2.05, 4.69) is 58.6 Å². The van der Waals surface area contributed by atoms with Crippen LogP contribution < -0.4 is 16.2 Å². The predicted molar refractivity (Wildman–Crippen MR) is 135 cm³/mol. The van der Waals surface area contributed by atoms with Crippen LogP contribution >= 0.6 is 24.0 Å². The van der Waals surface area contributed by atoms with Gasteiger partial charge in [-0.2, -0.15) is 0 Å². The largest absolute Gasteiger partial charge is 0.354 e. The number of halogens is 1. The van der Waals surface area contributed by atoms with Crippen molar-refractivity contribution in [2.24, 2.45) is 4.99 Å². The third-order valence-corrected chi connectivity index (χ3v) is 5.56. The number of nitrogens with one attached hydrogen (secondary N) is 2. The number of hydrogen-bond acceptors (Lipinski definition) is 3. The number of rotatable bonds is 6. The third-order valence-electron chi connectivity index (χ3n) is 5.56. The van der Waals surface area contributed by atoms with Crippen LogP contribution in [-0.2, 0) is 13.1 Å². The fourth-order valence-corrected chi connectivity index (χ4v) is 3.68. The molecule has 1 aliphatic heterocycles. The summed E-state index contributed by atoms with van der Waals surface area (Å²) in [7, 11) is 1.82. The quantitative estimate of drug-likeness (QED) is 0.347. The summed E-state index contributed by atoms with van der Waals surface area (Å²) < 4.78 is 1.71. The minimum Gasteiger partial charge on any atom is -0.354 e. The lowest BCUT2D eigenvalue weighted by atomic mass is 10.0. The lowest BCUT2D eigenvalue weighted by Crippen LogP contribution is -2.49. The number of nitrogens with zero attached hydrogens (tertiary/aromatic N) is 3. The fraction of sp³-hybridized carbons (Fsp3) is 0.478. The first-order valence-electron chi connectivity index (χ1n) is 10.5. The Balaban J connectivity index is 0.00000320. The summed E-state index contributed by atoms with van der Waals surface area (Å²) in [6.45, 7) is 8.10. The number of likely N-dealkylation sites (tertiary alicyclic amines) is 1. The molecule has 0 bridgehead atoms. The summed E-state index contributed by atoms with van der Waals surface area (Å²) in [4.78, 5) is 18.8. The Morgan fingerprint density at radius 1 is 1.10 bits per heavy atom. The van der Waals surface area contributed by atoms with Crippen molar-refractivity contribution >= 4 is 29.9 Å². The number of benzene rings is 1. The summed E-state index contributed by atoms with van der Waals surface area (Å²) in [6.07, 6.45) is 4.11. The van der Waals surface area contributed by atoms with E-state index in [1.807, 2.05) is 19.3 Å². The van der Waals surface area contributed by atoms with Crippen LogP contribution in [0.1, 0.15) is 37.8 Å². The van der Waals surface area contributed by atoms with Crippen LogP contribution in [0.5, 0.6) is 0 Å². The number of hydrogen-bond donors (Lipinski definition) is 2. The van der Waals surface area contributed by atoms with Crippen LogP contribution in [0.4, 0.5) is 0 Å². The molecule has 0 radical (unpaired) electrons. The summed E-state index contributed by atoms with van der Waals surface area (Å²) in [5.41, 5.74) is 2.32. The van der Waals surface area contributed by atoms with Gasteiger partial charge in [-0.05, 0) is 43.9 Å². The van der Waals surface area contributed by atoms with E-state index in [4.69, 9.17) is 0 Å². The van der Waals surface area contributed by atoms with Gasteiger partial charge >= 0.3 is 0 Å². The van der Waals surface area contributed by atoms with Crippen LogP contribution in [0.3, 0.4) is 0 Å². The number of pyridine rings is 1. The van der Waals surface area contributed by atoms with Crippen molar-refractivity contribution < 1.29 is 0 Å². The summed E-state index contributed by atoms with van der Waals surface area (Å²) in [6, 6.07) is 14.7. The zero-order valence-corrected chi connectivity index (χ0v) is 20.5. The first kappa shape index (κ1) is 24.4. The second-order valence-electron chi connectivity index (χ2n) is 7.96. The Hall–Kier alpha value is -1.87. The van der Waals surface area contributed by atoms with Gasteiger partial charge in [0.25, 0.3) is 5.56 Å². The molecule has 1 aliphatic rings. The molecule has 1 aromatic carbocycles. The van der Waals surface area contributed by atoms with Crippen molar-refractivity contribution in [1.82, 2.24) is 20.1 Å². The Morgan fingerprint density at radius 2 is 1.77 bits per heavy atom. The summed E-state index contributed by atoms with van der Waals surface area (Å²) in [5, 5.41) is 6.98. The number of aliphatic imine (C=N–C) groups is 1. The molecular weight excluding hydrogens is 489 g/mol. The molecule has 0 unspecified atom stereocenters. The van der Waals surface area contributed by atoms with E-state index in [9.17, 15) is 4.79 Å². The number of piperidine rings is 1. The van der Waals surface area contributed by atoms with Gasteiger partial charge in [0.05, 0.1) is 6.54 Å². The van der Waals surface area contributed by atoms with Crippen LogP contribution in [0.15, 0.2) is 58.4 Å². The second kappa shape index (κ2) is 12.1. The van der Waals surface area contributed by atoms with E-state index in [1.54, 1.807) is 16.7 Å². The molecule has 3 rings (SSSR count). The molecule has 2 aromatic rings. The van der Waals surface area contributed by atoms with Gasteiger partial charge in [-0.1, -0.05) is 30.3 Å². The van der Waals surface area contributed by atoms with Crippen molar-refractivity contribution in [2.45, 2.75) is 51.9 Å². The molecule has 0 aliphatic carbocycles. The molecule has 6 nitrogen and oxygen atoms in total. The molecule has 1 fully saturated rings. The predicted octanol–water partition coefficient (Wildman–Crippen LogP) is 3.05. The Labute approximate surface area is 196 Å². The lowest BCUT2D eigenvalue weighted by Gasteiger charge is -2.35. The van der Waals surface area contributed by atoms with E-state index < -0.39 is 0 Å². The molecular formula is C23H34IN5O. The van der Waals surface area contributed by atoms with Gasteiger partial charge in [-0.3, -0.25) is 9.79 Å². The SMILES string of the molecule is CN=C(NCc1ccc(Cn2ccccc2=O)cc1)NC1CCN(C(C)C)CC1.I. The highest BCUT2D eigenvalue weighted by Crippen LogP contribution is 2.13. The van der Waals surface area contributed by atoms with E-state index >= 15 is 0 Å². The van der Waals surface area contributed by atoms with E-state index in [0.29, 0.717) is 18.6 Å². The van der Waals surface area contributed by atoms with Crippen molar-refractivity contribution in [3.8, 4) is 0 Å². The molecule has 1 saturated heterocycles. The summed E-state index contributed by atoms with van der Waals surface area (Å²) in [5.74, 6) is 0.855. The Kier molecular flexibility index (Phi) is 9.84. The van der Waals surface area contributed by atoms with Crippen LogP contribution in [-0.4, -0.2) is 47.6 Å². The molecule has 30 heavy (non-hydrogen) atoms. The average molecular weight is 523 g/mol. The van der Waals surface area contributed by atoms with Crippen LogP contribution in [0, 0.1) is 0 Å². The highest BCUT2D eigenvalue weighted by atomic mass is 127. The number of guanidine groups is 1. The maximum atomic E-state index is 11.8. The molecule has 0 atom stereocenters. The van der Waals surface area contributed by atoms with Gasteiger partial charge in [0.1, 0.15) is 0 Å². The third kappa shape index (κ3) is 7.12. The Morgan fingerprint density at radius 3 is 2.37 bits per heavy atom. The maximum Gasteiger partial charge on any atom is 0.250 e. The standard InChI is InChI=1S/C23H33N5O.HI/c1-18(2)27-14-11-21(12-15-27)26-23(24-3)25-16-19-7-9-20(10-8-19)17-28-13-5-4-6-22(28)29;/h4-10,13,18,21H,11-12,14-17H2,1-3H3,(H2,24,25,26);1H. The molecule has 2 heterocycles.